The number of ether oxygens (including phenoxy) is 1. The van der Waals surface area contributed by atoms with Crippen molar-refractivity contribution in [2.45, 2.75) is 20.3 Å². The van der Waals surface area contributed by atoms with E-state index in [1.807, 2.05) is 13.8 Å². The van der Waals surface area contributed by atoms with Crippen LogP contribution in [-0.4, -0.2) is 23.5 Å². The van der Waals surface area contributed by atoms with Gasteiger partial charge in [-0.15, -0.1) is 0 Å². The van der Waals surface area contributed by atoms with E-state index in [0.717, 1.165) is 0 Å². The molecule has 2 amide bonds. The summed E-state index contributed by atoms with van der Waals surface area (Å²) in [4.78, 5) is 23.1. The molecule has 3 N–H and O–H groups in total. The van der Waals surface area contributed by atoms with Crippen LogP contribution in [0, 0.1) is 5.92 Å². The number of carbonyl (C=O) groups is 2. The van der Waals surface area contributed by atoms with E-state index in [1.54, 1.807) is 12.1 Å². The Bertz CT molecular complexity index is 597. The average Bonchev–Trinajstić information content (AvgIpc) is 2.43. The minimum atomic E-state index is -0.489. The predicted octanol–water partition coefficient (Wildman–Crippen LogP) is 2.44. The fourth-order valence-corrected chi connectivity index (χ4v) is 2.11. The Morgan fingerprint density at radius 3 is 2.52 bits per heavy atom. The summed E-state index contributed by atoms with van der Waals surface area (Å²) in [5.41, 5.74) is 4.72. The molecule has 0 saturated carbocycles. The molecule has 1 aromatic carbocycles. The lowest BCUT2D eigenvalue weighted by atomic mass is 10.1. The SMILES string of the molecule is CC(C)CC(=O)NC(=S)NNC(=O)COc1ccc(Cl)cc1Cl. The van der Waals surface area contributed by atoms with Gasteiger partial charge >= 0.3 is 0 Å². The Kier molecular flexibility index (Phi) is 8.08. The molecule has 0 aliphatic carbocycles. The second-order valence-corrected chi connectivity index (χ2v) is 6.26. The molecule has 1 aromatic rings. The van der Waals surface area contributed by atoms with Crippen molar-refractivity contribution < 1.29 is 14.3 Å². The first-order valence-corrected chi connectivity index (χ1v) is 7.91. The molecular formula is C14H17Cl2N3O3S. The highest BCUT2D eigenvalue weighted by atomic mass is 35.5. The number of thiocarbonyl (C=S) groups is 1. The average molecular weight is 378 g/mol. The minimum Gasteiger partial charge on any atom is -0.482 e. The molecule has 0 saturated heterocycles. The topological polar surface area (TPSA) is 79.5 Å². The summed E-state index contributed by atoms with van der Waals surface area (Å²) >= 11 is 16.6. The molecule has 0 unspecified atom stereocenters. The van der Waals surface area contributed by atoms with Crippen molar-refractivity contribution in [2.24, 2.45) is 5.92 Å². The second-order valence-electron chi connectivity index (χ2n) is 5.01. The first kappa shape index (κ1) is 19.5. The van der Waals surface area contributed by atoms with Crippen molar-refractivity contribution in [3.05, 3.63) is 28.2 Å². The molecule has 0 heterocycles. The van der Waals surface area contributed by atoms with Crippen molar-refractivity contribution >= 4 is 52.3 Å². The van der Waals surface area contributed by atoms with Crippen molar-refractivity contribution in [1.82, 2.24) is 16.2 Å². The number of benzene rings is 1. The summed E-state index contributed by atoms with van der Waals surface area (Å²) in [7, 11) is 0. The zero-order chi connectivity index (χ0) is 17.4. The summed E-state index contributed by atoms with van der Waals surface area (Å²) in [5, 5.41) is 3.22. The summed E-state index contributed by atoms with van der Waals surface area (Å²) < 4.78 is 5.25. The molecular weight excluding hydrogens is 361 g/mol. The highest BCUT2D eigenvalue weighted by Gasteiger charge is 2.09. The van der Waals surface area contributed by atoms with Gasteiger partial charge in [-0.3, -0.25) is 20.4 Å². The van der Waals surface area contributed by atoms with Crippen molar-refractivity contribution in [3.8, 4) is 5.75 Å². The second kappa shape index (κ2) is 9.54. The zero-order valence-corrected chi connectivity index (χ0v) is 14.9. The van der Waals surface area contributed by atoms with Crippen molar-refractivity contribution in [1.29, 1.82) is 0 Å². The minimum absolute atomic E-state index is 0.00789. The quantitative estimate of drug-likeness (QED) is 0.542. The van der Waals surface area contributed by atoms with Crippen LogP contribution in [0.5, 0.6) is 5.75 Å². The molecule has 0 fully saturated rings. The van der Waals surface area contributed by atoms with E-state index in [-0.39, 0.29) is 23.5 Å². The summed E-state index contributed by atoms with van der Waals surface area (Å²) in [6.45, 7) is 3.55. The van der Waals surface area contributed by atoms with Gasteiger partial charge in [0.2, 0.25) is 5.91 Å². The summed E-state index contributed by atoms with van der Waals surface area (Å²) in [6.07, 6.45) is 0.341. The van der Waals surface area contributed by atoms with Gasteiger partial charge in [0.15, 0.2) is 11.7 Å². The van der Waals surface area contributed by atoms with E-state index in [9.17, 15) is 9.59 Å². The number of hydrogen-bond donors (Lipinski definition) is 3. The molecule has 0 aliphatic heterocycles. The molecule has 0 aliphatic rings. The third-order valence-electron chi connectivity index (χ3n) is 2.41. The fraction of sp³-hybridized carbons (Fsp3) is 0.357. The van der Waals surface area contributed by atoms with Crippen molar-refractivity contribution in [3.63, 3.8) is 0 Å². The van der Waals surface area contributed by atoms with E-state index in [1.165, 1.54) is 6.07 Å². The molecule has 23 heavy (non-hydrogen) atoms. The maximum absolute atomic E-state index is 11.6. The first-order valence-electron chi connectivity index (χ1n) is 6.74. The number of nitrogens with one attached hydrogen (secondary N) is 3. The highest BCUT2D eigenvalue weighted by molar-refractivity contribution is 7.80. The highest BCUT2D eigenvalue weighted by Crippen LogP contribution is 2.27. The third-order valence-corrected chi connectivity index (χ3v) is 3.15. The number of halogens is 2. The number of rotatable bonds is 5. The fourth-order valence-electron chi connectivity index (χ4n) is 1.48. The van der Waals surface area contributed by atoms with Crippen LogP contribution in [0.25, 0.3) is 0 Å². The van der Waals surface area contributed by atoms with Crippen LogP contribution in [-0.2, 0) is 9.59 Å². The molecule has 0 bridgehead atoms. The van der Waals surface area contributed by atoms with Crippen LogP contribution in [0.2, 0.25) is 10.0 Å². The van der Waals surface area contributed by atoms with E-state index >= 15 is 0 Å². The molecule has 9 heteroatoms. The van der Waals surface area contributed by atoms with Gasteiger partial charge in [0.05, 0.1) is 5.02 Å². The number of hydrogen-bond acceptors (Lipinski definition) is 4. The molecule has 1 rings (SSSR count). The molecule has 0 aromatic heterocycles. The van der Waals surface area contributed by atoms with E-state index in [2.05, 4.69) is 16.2 Å². The Morgan fingerprint density at radius 1 is 1.22 bits per heavy atom. The number of hydrazine groups is 1. The van der Waals surface area contributed by atoms with Crippen LogP contribution < -0.4 is 20.9 Å². The van der Waals surface area contributed by atoms with Gasteiger partial charge in [0, 0.05) is 11.4 Å². The van der Waals surface area contributed by atoms with Crippen LogP contribution in [0.3, 0.4) is 0 Å². The Labute approximate surface area is 149 Å². The van der Waals surface area contributed by atoms with Gasteiger partial charge in [-0.25, -0.2) is 0 Å². The van der Waals surface area contributed by atoms with E-state index < -0.39 is 5.91 Å². The van der Waals surface area contributed by atoms with E-state index in [0.29, 0.717) is 22.2 Å². The Morgan fingerprint density at radius 2 is 1.91 bits per heavy atom. The van der Waals surface area contributed by atoms with Gasteiger partial charge in [-0.1, -0.05) is 37.0 Å². The summed E-state index contributed by atoms with van der Waals surface area (Å²) in [6, 6.07) is 4.66. The maximum Gasteiger partial charge on any atom is 0.276 e. The first-order chi connectivity index (χ1) is 10.8. The van der Waals surface area contributed by atoms with Gasteiger partial charge in [-0.05, 0) is 36.3 Å². The van der Waals surface area contributed by atoms with Crippen LogP contribution >= 0.6 is 35.4 Å². The zero-order valence-electron chi connectivity index (χ0n) is 12.6. The molecule has 0 radical (unpaired) electrons. The smallest absolute Gasteiger partial charge is 0.276 e. The summed E-state index contributed by atoms with van der Waals surface area (Å²) in [5.74, 6) is -0.170. The van der Waals surface area contributed by atoms with Crippen molar-refractivity contribution in [2.75, 3.05) is 6.61 Å². The molecule has 126 valence electrons. The number of carbonyl (C=O) groups excluding carboxylic acids is 2. The Balaban J connectivity index is 2.31. The standard InChI is InChI=1S/C14H17Cl2N3O3S/c1-8(2)5-12(20)17-14(23)19-18-13(21)7-22-11-4-3-9(15)6-10(11)16/h3-4,6,8H,5,7H2,1-2H3,(H,18,21)(H2,17,19,20,23). The largest absolute Gasteiger partial charge is 0.482 e. The number of amides is 2. The van der Waals surface area contributed by atoms with Crippen LogP contribution in [0.4, 0.5) is 0 Å². The molecule has 0 atom stereocenters. The molecule has 6 nitrogen and oxygen atoms in total. The van der Waals surface area contributed by atoms with Gasteiger partial charge in [-0.2, -0.15) is 0 Å². The van der Waals surface area contributed by atoms with Crippen LogP contribution in [0.1, 0.15) is 20.3 Å². The van der Waals surface area contributed by atoms with Gasteiger partial charge in [0.25, 0.3) is 5.91 Å². The third kappa shape index (κ3) is 8.01. The lowest BCUT2D eigenvalue weighted by Crippen LogP contribution is -2.49. The monoisotopic (exact) mass is 377 g/mol. The van der Waals surface area contributed by atoms with Gasteiger partial charge < -0.3 is 10.1 Å². The molecule has 0 spiro atoms. The van der Waals surface area contributed by atoms with Gasteiger partial charge in [0.1, 0.15) is 5.75 Å². The Hall–Kier alpha value is -1.57. The predicted molar refractivity (Wildman–Crippen MR) is 93.4 cm³/mol. The van der Waals surface area contributed by atoms with E-state index in [4.69, 9.17) is 40.2 Å². The lowest BCUT2D eigenvalue weighted by Gasteiger charge is -2.12. The lowest BCUT2D eigenvalue weighted by molar-refractivity contribution is -0.124. The normalized spacial score (nSPS) is 10.1. The maximum atomic E-state index is 11.6. The van der Waals surface area contributed by atoms with Crippen LogP contribution in [0.15, 0.2) is 18.2 Å².